The second-order valence-electron chi connectivity index (χ2n) is 6.18. The molecule has 1 unspecified atom stereocenters. The third-order valence-corrected chi connectivity index (χ3v) is 4.94. The number of rotatable bonds is 3. The van der Waals surface area contributed by atoms with Crippen LogP contribution in [0.1, 0.15) is 37.7 Å². The van der Waals surface area contributed by atoms with Crippen LogP contribution in [-0.2, 0) is 4.74 Å². The Morgan fingerprint density at radius 1 is 1.48 bits per heavy atom. The van der Waals surface area contributed by atoms with Crippen molar-refractivity contribution in [2.75, 3.05) is 18.6 Å². The molecule has 1 aromatic rings. The number of hydrogen-bond acceptors (Lipinski definition) is 4. The second kappa shape index (κ2) is 5.56. The fourth-order valence-corrected chi connectivity index (χ4v) is 3.41. The molecule has 1 aliphatic heterocycles. The van der Waals surface area contributed by atoms with E-state index in [2.05, 4.69) is 23.2 Å². The summed E-state index contributed by atoms with van der Waals surface area (Å²) in [6.45, 7) is 0.842. The van der Waals surface area contributed by atoms with Crippen molar-refractivity contribution in [2.45, 2.75) is 43.7 Å². The summed E-state index contributed by atoms with van der Waals surface area (Å²) in [6.07, 6.45) is 5.82. The Bertz CT molecular complexity index is 540. The lowest BCUT2D eigenvalue weighted by atomic mass is 9.73. The molecular weight excluding hydrogens is 266 g/mol. The van der Waals surface area contributed by atoms with Crippen LogP contribution in [0.4, 0.5) is 5.69 Å². The van der Waals surface area contributed by atoms with E-state index in [1.54, 1.807) is 0 Å². The van der Waals surface area contributed by atoms with Gasteiger partial charge in [-0.2, -0.15) is 0 Å². The molecule has 1 saturated carbocycles. The summed E-state index contributed by atoms with van der Waals surface area (Å²) in [5.74, 6) is 0.146. The lowest BCUT2D eigenvalue weighted by Gasteiger charge is -2.49. The number of anilines is 1. The molecule has 114 valence electrons. The fraction of sp³-hybridized carbons (Fsp3) is 0.562. The first kappa shape index (κ1) is 14.2. The highest BCUT2D eigenvalue weighted by atomic mass is 16.5. The number of benzene rings is 1. The Labute approximate surface area is 125 Å². The Morgan fingerprint density at radius 2 is 2.29 bits per heavy atom. The normalized spacial score (nSPS) is 24.6. The number of hydrogen-bond donors (Lipinski definition) is 2. The van der Waals surface area contributed by atoms with Gasteiger partial charge < -0.3 is 20.6 Å². The molecule has 2 aliphatic rings. The summed E-state index contributed by atoms with van der Waals surface area (Å²) in [4.78, 5) is 2.30. The van der Waals surface area contributed by atoms with Crippen molar-refractivity contribution in [3.63, 3.8) is 0 Å². The largest absolute Gasteiger partial charge is 0.409 e. The molecule has 1 aliphatic carbocycles. The molecule has 21 heavy (non-hydrogen) atoms. The van der Waals surface area contributed by atoms with Gasteiger partial charge in [0.1, 0.15) is 0 Å². The molecule has 0 aromatic heterocycles. The number of nitrogens with two attached hydrogens (primary N) is 1. The zero-order valence-corrected chi connectivity index (χ0v) is 12.5. The van der Waals surface area contributed by atoms with Crippen LogP contribution < -0.4 is 10.6 Å². The topological polar surface area (TPSA) is 71.1 Å². The third-order valence-electron chi connectivity index (χ3n) is 4.94. The van der Waals surface area contributed by atoms with Crippen LogP contribution in [0.5, 0.6) is 0 Å². The van der Waals surface area contributed by atoms with Crippen LogP contribution in [0.25, 0.3) is 0 Å². The van der Waals surface area contributed by atoms with Crippen LogP contribution in [0.15, 0.2) is 29.4 Å². The smallest absolute Gasteiger partial charge is 0.170 e. The van der Waals surface area contributed by atoms with Gasteiger partial charge >= 0.3 is 0 Å². The Balaban J connectivity index is 1.76. The van der Waals surface area contributed by atoms with Gasteiger partial charge in [-0.05, 0) is 44.2 Å². The zero-order valence-electron chi connectivity index (χ0n) is 12.5. The van der Waals surface area contributed by atoms with Crippen molar-refractivity contribution in [1.29, 1.82) is 0 Å². The van der Waals surface area contributed by atoms with E-state index in [9.17, 15) is 0 Å². The van der Waals surface area contributed by atoms with Crippen LogP contribution in [0.3, 0.4) is 0 Å². The predicted octanol–water partition coefficient (Wildman–Crippen LogP) is 2.32. The van der Waals surface area contributed by atoms with E-state index in [0.29, 0.717) is 6.04 Å². The molecule has 2 fully saturated rings. The first-order chi connectivity index (χ1) is 10.1. The highest BCUT2D eigenvalue weighted by Crippen LogP contribution is 2.43. The van der Waals surface area contributed by atoms with Crippen molar-refractivity contribution >= 4 is 11.5 Å². The van der Waals surface area contributed by atoms with E-state index in [-0.39, 0.29) is 11.4 Å². The Hall–Kier alpha value is -1.75. The Morgan fingerprint density at radius 3 is 2.95 bits per heavy atom. The number of oxime groups is 1. The maximum Gasteiger partial charge on any atom is 0.170 e. The van der Waals surface area contributed by atoms with Gasteiger partial charge in [-0.15, -0.1) is 0 Å². The minimum absolute atomic E-state index is 0.139. The van der Waals surface area contributed by atoms with Crippen LogP contribution in [0.2, 0.25) is 0 Å². The highest BCUT2D eigenvalue weighted by molar-refractivity contribution is 5.97. The van der Waals surface area contributed by atoms with Crippen molar-refractivity contribution in [3.05, 3.63) is 29.8 Å². The maximum atomic E-state index is 8.81. The van der Waals surface area contributed by atoms with E-state index in [0.717, 1.165) is 30.7 Å². The van der Waals surface area contributed by atoms with Crippen molar-refractivity contribution < 1.29 is 9.94 Å². The van der Waals surface area contributed by atoms with Gasteiger partial charge in [0.15, 0.2) is 5.84 Å². The van der Waals surface area contributed by atoms with Crippen molar-refractivity contribution in [2.24, 2.45) is 10.9 Å². The van der Waals surface area contributed by atoms with Gasteiger partial charge in [0.2, 0.25) is 0 Å². The summed E-state index contributed by atoms with van der Waals surface area (Å²) in [6, 6.07) is 8.32. The van der Waals surface area contributed by atoms with Gasteiger partial charge in [0.05, 0.1) is 5.60 Å². The molecule has 1 aromatic carbocycles. The fourth-order valence-electron chi connectivity index (χ4n) is 3.41. The third kappa shape index (κ3) is 2.70. The van der Waals surface area contributed by atoms with Gasteiger partial charge in [0, 0.05) is 30.9 Å². The van der Waals surface area contributed by atoms with Crippen LogP contribution in [-0.4, -0.2) is 36.3 Å². The molecule has 0 bridgehead atoms. The van der Waals surface area contributed by atoms with E-state index >= 15 is 0 Å². The average molecular weight is 289 g/mol. The van der Waals surface area contributed by atoms with Gasteiger partial charge in [-0.3, -0.25) is 0 Å². The molecule has 1 atom stereocenters. The minimum atomic E-state index is 0.139. The monoisotopic (exact) mass is 289 g/mol. The number of nitrogens with zero attached hydrogens (tertiary/aromatic N) is 2. The summed E-state index contributed by atoms with van der Waals surface area (Å²) >= 11 is 0. The predicted molar refractivity (Wildman–Crippen MR) is 82.9 cm³/mol. The summed E-state index contributed by atoms with van der Waals surface area (Å²) in [5, 5.41) is 11.9. The average Bonchev–Trinajstić information content (AvgIpc) is 2.52. The standard InChI is InChI=1S/C16H23N3O2/c1-19(13-5-2-4-12(10-13)15(17)18-20)14-6-9-21-16(11-14)7-3-8-16/h2,4-5,10,14,20H,3,6-9,11H2,1H3,(H2,17,18). The molecule has 1 heterocycles. The quantitative estimate of drug-likeness (QED) is 0.388. The van der Waals surface area contributed by atoms with Crippen LogP contribution >= 0.6 is 0 Å². The summed E-state index contributed by atoms with van der Waals surface area (Å²) in [5.41, 5.74) is 7.66. The molecule has 5 heteroatoms. The molecular formula is C16H23N3O2. The molecule has 0 radical (unpaired) electrons. The van der Waals surface area contributed by atoms with Crippen LogP contribution in [0, 0.1) is 0 Å². The first-order valence-electron chi connectivity index (χ1n) is 7.58. The van der Waals surface area contributed by atoms with Crippen molar-refractivity contribution in [3.8, 4) is 0 Å². The molecule has 0 amide bonds. The number of ether oxygens (including phenoxy) is 1. The second-order valence-corrected chi connectivity index (χ2v) is 6.18. The summed E-state index contributed by atoms with van der Waals surface area (Å²) < 4.78 is 6.00. The molecule has 1 spiro atoms. The molecule has 3 rings (SSSR count). The molecule has 5 nitrogen and oxygen atoms in total. The lowest BCUT2D eigenvalue weighted by Crippen LogP contribution is -2.51. The summed E-state index contributed by atoms with van der Waals surface area (Å²) in [7, 11) is 2.12. The van der Waals surface area contributed by atoms with E-state index in [1.807, 2.05) is 18.2 Å². The molecule has 3 N–H and O–H groups in total. The van der Waals surface area contributed by atoms with E-state index in [4.69, 9.17) is 15.7 Å². The van der Waals surface area contributed by atoms with Gasteiger partial charge in [0.25, 0.3) is 0 Å². The SMILES string of the molecule is CN(c1cccc(/C(N)=N/O)c1)C1CCOC2(CCC2)C1. The zero-order chi connectivity index (χ0) is 14.9. The van der Waals surface area contributed by atoms with E-state index < -0.39 is 0 Å². The Kier molecular flexibility index (Phi) is 3.76. The molecule has 1 saturated heterocycles. The minimum Gasteiger partial charge on any atom is -0.409 e. The van der Waals surface area contributed by atoms with E-state index in [1.165, 1.54) is 19.3 Å². The highest BCUT2D eigenvalue weighted by Gasteiger charge is 2.43. The first-order valence-corrected chi connectivity index (χ1v) is 7.58. The van der Waals surface area contributed by atoms with Gasteiger partial charge in [-0.1, -0.05) is 17.3 Å². The van der Waals surface area contributed by atoms with Crippen molar-refractivity contribution in [1.82, 2.24) is 0 Å². The lowest BCUT2D eigenvalue weighted by molar-refractivity contribution is -0.132. The maximum absolute atomic E-state index is 8.81. The number of amidine groups is 1. The van der Waals surface area contributed by atoms with Gasteiger partial charge in [-0.25, -0.2) is 0 Å².